The summed E-state index contributed by atoms with van der Waals surface area (Å²) in [6, 6.07) is 26.3. The second-order valence-electron chi connectivity index (χ2n) is 11.8. The lowest BCUT2D eigenvalue weighted by Crippen LogP contribution is -2.48. The number of nitrogens with zero attached hydrogens (tertiary/aromatic N) is 1. The van der Waals surface area contributed by atoms with Crippen molar-refractivity contribution in [2.45, 2.75) is 56.1 Å². The molecule has 254 valence electrons. The van der Waals surface area contributed by atoms with Crippen LogP contribution in [0.5, 0.6) is 0 Å². The Morgan fingerprint density at radius 2 is 1.52 bits per heavy atom. The summed E-state index contributed by atoms with van der Waals surface area (Å²) in [5.74, 6) is 0. The molecule has 0 saturated carbocycles. The second kappa shape index (κ2) is 15.1. The molecule has 1 saturated heterocycles. The summed E-state index contributed by atoms with van der Waals surface area (Å²) in [5.41, 5.74) is -1.95. The van der Waals surface area contributed by atoms with Crippen molar-refractivity contribution in [2.75, 3.05) is 19.6 Å². The minimum Gasteiger partial charge on any atom is -0.385 e. The van der Waals surface area contributed by atoms with Crippen LogP contribution in [-0.2, 0) is 35.8 Å². The molecule has 5 rings (SSSR count). The van der Waals surface area contributed by atoms with Crippen LogP contribution in [0.1, 0.15) is 52.3 Å². The summed E-state index contributed by atoms with van der Waals surface area (Å²) in [6.45, 7) is 0.908. The minimum absolute atomic E-state index is 0.0933. The van der Waals surface area contributed by atoms with E-state index in [2.05, 4.69) is 22.3 Å². The summed E-state index contributed by atoms with van der Waals surface area (Å²) in [5, 5.41) is 15.4. The number of hydrogen-bond donors (Lipinski definition) is 2. The van der Waals surface area contributed by atoms with Gasteiger partial charge in [0.25, 0.3) is 0 Å². The fourth-order valence-corrected chi connectivity index (χ4v) is 6.15. The van der Waals surface area contributed by atoms with E-state index < -0.39 is 47.8 Å². The average molecular weight is 710 g/mol. The maximum atomic E-state index is 13.6. The van der Waals surface area contributed by atoms with E-state index in [1.165, 1.54) is 0 Å². The highest BCUT2D eigenvalue weighted by atomic mass is 35.5. The van der Waals surface area contributed by atoms with Crippen molar-refractivity contribution in [1.29, 1.82) is 0 Å². The molecule has 0 aliphatic carbocycles. The van der Waals surface area contributed by atoms with Crippen LogP contribution in [0, 0.1) is 12.1 Å². The normalized spacial score (nSPS) is 16.7. The monoisotopic (exact) mass is 708 g/mol. The Labute approximate surface area is 285 Å². The molecule has 12 heteroatoms. The Kier molecular flexibility index (Phi) is 11.3. The van der Waals surface area contributed by atoms with Gasteiger partial charge in [-0.25, -0.2) is 0 Å². The van der Waals surface area contributed by atoms with Gasteiger partial charge in [0, 0.05) is 31.7 Å². The molecule has 4 aromatic carbocycles. The summed E-state index contributed by atoms with van der Waals surface area (Å²) < 4.78 is 88.1. The standard InChI is InChI=1S/C36H32Cl2F6N2O2/c37-30-12-11-26(19-31(30)38)33(45-21-24-7-3-1-4-8-24)32(22-46-15-13-34(47,14-16-46)27-9-5-2-6-10-27)48-23-25-17-28(35(39,40)41)20-29(18-25)36(42,43)44/h1-3,5-7,9-12,17-20,32-33,45,47H,13-16,21-23H2/t32-,33?/m1/s1. The number of likely N-dealkylation sites (tertiary alicyclic amines) is 1. The van der Waals surface area contributed by atoms with Crippen LogP contribution in [0.25, 0.3) is 0 Å². The molecule has 2 atom stereocenters. The molecule has 0 spiro atoms. The van der Waals surface area contributed by atoms with Crippen LogP contribution in [0.15, 0.2) is 84.9 Å². The number of piperidine rings is 1. The lowest BCUT2D eigenvalue weighted by atomic mass is 9.84. The minimum atomic E-state index is -4.99. The molecule has 2 N–H and O–H groups in total. The first-order chi connectivity index (χ1) is 22.7. The summed E-state index contributed by atoms with van der Waals surface area (Å²) >= 11 is 12.6. The summed E-state index contributed by atoms with van der Waals surface area (Å²) in [4.78, 5) is 2.06. The zero-order valence-electron chi connectivity index (χ0n) is 25.5. The molecular weight excluding hydrogens is 677 g/mol. The van der Waals surface area contributed by atoms with Crippen molar-refractivity contribution >= 4 is 23.2 Å². The Morgan fingerprint density at radius 1 is 0.854 bits per heavy atom. The highest BCUT2D eigenvalue weighted by Crippen LogP contribution is 2.38. The first kappa shape index (κ1) is 36.0. The lowest BCUT2D eigenvalue weighted by molar-refractivity contribution is -0.143. The van der Waals surface area contributed by atoms with Gasteiger partial charge >= 0.3 is 12.4 Å². The Bertz CT molecular complexity index is 1610. The van der Waals surface area contributed by atoms with Crippen LogP contribution in [0.2, 0.25) is 10.0 Å². The molecule has 4 nitrogen and oxygen atoms in total. The number of alkyl halides is 6. The third-order valence-electron chi connectivity index (χ3n) is 8.44. The first-order valence-electron chi connectivity index (χ1n) is 15.2. The average Bonchev–Trinajstić information content (AvgIpc) is 3.06. The Morgan fingerprint density at radius 3 is 2.10 bits per heavy atom. The number of aliphatic hydroxyl groups is 1. The summed E-state index contributed by atoms with van der Waals surface area (Å²) in [6.07, 6.45) is -9.97. The van der Waals surface area contributed by atoms with Crippen LogP contribution in [-0.4, -0.2) is 35.7 Å². The highest BCUT2D eigenvalue weighted by Gasteiger charge is 2.38. The Hall–Kier alpha value is -3.30. The van der Waals surface area contributed by atoms with Crippen molar-refractivity contribution in [1.82, 2.24) is 10.2 Å². The molecule has 0 radical (unpaired) electrons. The first-order valence-corrected chi connectivity index (χ1v) is 15.9. The fraction of sp³-hybridized carbons (Fsp3) is 0.333. The topological polar surface area (TPSA) is 44.7 Å². The van der Waals surface area contributed by atoms with E-state index in [1.54, 1.807) is 30.3 Å². The third-order valence-corrected chi connectivity index (χ3v) is 9.18. The molecule has 1 heterocycles. The number of halogens is 8. The zero-order chi connectivity index (χ0) is 34.5. The lowest BCUT2D eigenvalue weighted by Gasteiger charge is -2.41. The molecule has 0 bridgehead atoms. The van der Waals surface area contributed by atoms with Crippen LogP contribution < -0.4 is 5.32 Å². The number of rotatable bonds is 11. The Balaban J connectivity index is 1.46. The van der Waals surface area contributed by atoms with E-state index in [9.17, 15) is 31.4 Å². The van der Waals surface area contributed by atoms with Gasteiger partial charge in [-0.2, -0.15) is 26.3 Å². The molecule has 48 heavy (non-hydrogen) atoms. The number of hydrogen-bond acceptors (Lipinski definition) is 4. The van der Waals surface area contributed by atoms with Crippen molar-refractivity contribution < 1.29 is 36.2 Å². The molecule has 0 aromatic heterocycles. The predicted molar refractivity (Wildman–Crippen MR) is 171 cm³/mol. The van der Waals surface area contributed by atoms with Gasteiger partial charge in [0.15, 0.2) is 0 Å². The number of nitrogens with one attached hydrogen (secondary N) is 1. The van der Waals surface area contributed by atoms with Crippen molar-refractivity contribution in [3.05, 3.63) is 140 Å². The van der Waals surface area contributed by atoms with Crippen molar-refractivity contribution in [2.24, 2.45) is 0 Å². The maximum absolute atomic E-state index is 13.6. The zero-order valence-corrected chi connectivity index (χ0v) is 27.0. The van der Waals surface area contributed by atoms with Gasteiger partial charge in [0.2, 0.25) is 0 Å². The van der Waals surface area contributed by atoms with E-state index >= 15 is 0 Å². The van der Waals surface area contributed by atoms with Crippen LogP contribution >= 0.6 is 23.2 Å². The maximum Gasteiger partial charge on any atom is 0.416 e. The van der Waals surface area contributed by atoms with E-state index in [0.717, 1.165) is 11.1 Å². The van der Waals surface area contributed by atoms with Gasteiger partial charge in [0.05, 0.1) is 45.5 Å². The molecule has 0 amide bonds. The van der Waals surface area contributed by atoms with Crippen LogP contribution in [0.4, 0.5) is 26.3 Å². The molecule has 1 unspecified atom stereocenters. The van der Waals surface area contributed by atoms with E-state index in [0.29, 0.717) is 48.6 Å². The number of ether oxygens (including phenoxy) is 1. The van der Waals surface area contributed by atoms with Crippen molar-refractivity contribution in [3.8, 4) is 0 Å². The molecule has 1 fully saturated rings. The predicted octanol–water partition coefficient (Wildman–Crippen LogP) is 9.03. The number of benzene rings is 3. The van der Waals surface area contributed by atoms with Crippen LogP contribution in [0.3, 0.4) is 0 Å². The van der Waals surface area contributed by atoms with Gasteiger partial charge in [-0.1, -0.05) is 77.8 Å². The molecule has 4 aromatic rings. The summed E-state index contributed by atoms with van der Waals surface area (Å²) in [7, 11) is 0. The van der Waals surface area contributed by atoms with Crippen molar-refractivity contribution in [3.63, 3.8) is 0 Å². The quantitative estimate of drug-likeness (QED) is 0.153. The van der Waals surface area contributed by atoms with Gasteiger partial charge in [-0.05, 0) is 72.0 Å². The van der Waals surface area contributed by atoms with E-state index in [4.69, 9.17) is 27.9 Å². The largest absolute Gasteiger partial charge is 0.416 e. The molecule has 1 aliphatic heterocycles. The molecular formula is C36H32Cl2F6N2O2. The van der Waals surface area contributed by atoms with Gasteiger partial charge in [0.1, 0.15) is 0 Å². The van der Waals surface area contributed by atoms with E-state index in [-0.39, 0.29) is 29.7 Å². The van der Waals surface area contributed by atoms with Gasteiger partial charge < -0.3 is 20.1 Å². The van der Waals surface area contributed by atoms with Gasteiger partial charge in [-0.15, -0.1) is 0 Å². The van der Waals surface area contributed by atoms with E-state index in [1.807, 2.05) is 36.4 Å². The smallest absolute Gasteiger partial charge is 0.385 e. The SMILES string of the molecule is OC1(c2ccccc2)CCN(C[C@@H](OCc2cc(C(F)(F)F)cc(C(F)(F)F)c2)C(NCc2c#cccc2)c2ccc(Cl)c(Cl)c2)CC1. The highest BCUT2D eigenvalue weighted by molar-refractivity contribution is 6.42. The second-order valence-corrected chi connectivity index (χ2v) is 12.6. The van der Waals surface area contributed by atoms with Gasteiger partial charge in [-0.3, -0.25) is 0 Å². The fourth-order valence-electron chi connectivity index (χ4n) is 5.84. The third kappa shape index (κ3) is 9.23. The molecule has 1 aliphatic rings.